The number of nitrogens with one attached hydrogen (secondary N) is 2. The fraction of sp³-hybridized carbons (Fsp3) is 0.500. The molecule has 1 aromatic rings. The zero-order chi connectivity index (χ0) is 19.9. The van der Waals surface area contributed by atoms with E-state index in [-0.39, 0.29) is 24.3 Å². The van der Waals surface area contributed by atoms with Gasteiger partial charge in [0.15, 0.2) is 0 Å². The number of fused-ring (bicyclic) bond motifs is 1. The highest BCUT2D eigenvalue weighted by molar-refractivity contribution is 6.23. The fourth-order valence-electron chi connectivity index (χ4n) is 4.42. The van der Waals surface area contributed by atoms with Crippen molar-refractivity contribution in [2.45, 2.75) is 56.7 Å². The minimum atomic E-state index is -0.939. The molecule has 1 saturated heterocycles. The van der Waals surface area contributed by atoms with Gasteiger partial charge in [0.05, 0.1) is 11.1 Å². The molecule has 1 aromatic carbocycles. The summed E-state index contributed by atoms with van der Waals surface area (Å²) in [6.45, 7) is 1.13. The molecule has 4 amide bonds. The number of carbonyl (C=O) groups is 4. The van der Waals surface area contributed by atoms with E-state index in [0.29, 0.717) is 24.2 Å². The molecule has 28 heavy (non-hydrogen) atoms. The SMILES string of the molecule is NCC1(NCc2ccc3c(c2)C(=O)N(C2CCC(=O)NC2=O)C3=O)CCCC1. The normalized spacial score (nSPS) is 23.9. The van der Waals surface area contributed by atoms with Crippen LogP contribution < -0.4 is 16.4 Å². The van der Waals surface area contributed by atoms with E-state index >= 15 is 0 Å². The predicted molar refractivity (Wildman–Crippen MR) is 100 cm³/mol. The number of piperidine rings is 1. The first-order valence-electron chi connectivity index (χ1n) is 9.74. The Balaban J connectivity index is 1.52. The molecule has 1 saturated carbocycles. The molecule has 1 atom stereocenters. The van der Waals surface area contributed by atoms with Crippen LogP contribution in [0.1, 0.15) is 64.8 Å². The molecule has 3 aliphatic rings. The number of nitrogens with two attached hydrogens (primary N) is 1. The molecule has 4 N–H and O–H groups in total. The first-order chi connectivity index (χ1) is 13.4. The van der Waals surface area contributed by atoms with E-state index < -0.39 is 23.8 Å². The van der Waals surface area contributed by atoms with Gasteiger partial charge in [0.25, 0.3) is 11.8 Å². The van der Waals surface area contributed by atoms with Gasteiger partial charge in [0.2, 0.25) is 11.8 Å². The highest BCUT2D eigenvalue weighted by Gasteiger charge is 2.44. The Morgan fingerprint density at radius 3 is 2.50 bits per heavy atom. The number of hydrogen-bond donors (Lipinski definition) is 3. The number of imide groups is 2. The van der Waals surface area contributed by atoms with Crippen LogP contribution in [0.2, 0.25) is 0 Å². The van der Waals surface area contributed by atoms with Crippen molar-refractivity contribution < 1.29 is 19.2 Å². The third-order valence-electron chi connectivity index (χ3n) is 6.12. The number of nitrogens with zero attached hydrogens (tertiary/aromatic N) is 1. The fourth-order valence-corrected chi connectivity index (χ4v) is 4.42. The van der Waals surface area contributed by atoms with Crippen molar-refractivity contribution in [1.29, 1.82) is 0 Å². The van der Waals surface area contributed by atoms with Crippen LogP contribution in [0.25, 0.3) is 0 Å². The monoisotopic (exact) mass is 384 g/mol. The van der Waals surface area contributed by atoms with Crippen molar-refractivity contribution in [3.8, 4) is 0 Å². The summed E-state index contributed by atoms with van der Waals surface area (Å²) in [7, 11) is 0. The summed E-state index contributed by atoms with van der Waals surface area (Å²) < 4.78 is 0. The number of amides is 4. The molecule has 1 aliphatic carbocycles. The van der Waals surface area contributed by atoms with E-state index in [9.17, 15) is 19.2 Å². The van der Waals surface area contributed by atoms with E-state index in [2.05, 4.69) is 10.6 Å². The summed E-state index contributed by atoms with van der Waals surface area (Å²) >= 11 is 0. The van der Waals surface area contributed by atoms with Gasteiger partial charge in [-0.1, -0.05) is 18.9 Å². The lowest BCUT2D eigenvalue weighted by atomic mass is 9.97. The van der Waals surface area contributed by atoms with Crippen LogP contribution in [0, 0.1) is 0 Å². The van der Waals surface area contributed by atoms with Gasteiger partial charge in [-0.2, -0.15) is 0 Å². The first-order valence-corrected chi connectivity index (χ1v) is 9.74. The Kier molecular flexibility index (Phi) is 4.76. The predicted octanol–water partition coefficient (Wildman–Crippen LogP) is 0.449. The maximum Gasteiger partial charge on any atom is 0.262 e. The quantitative estimate of drug-likeness (QED) is 0.634. The first kappa shape index (κ1) is 18.8. The minimum Gasteiger partial charge on any atom is -0.329 e. The van der Waals surface area contributed by atoms with Crippen LogP contribution in [0.15, 0.2) is 18.2 Å². The highest BCUT2D eigenvalue weighted by atomic mass is 16.2. The molecule has 8 nitrogen and oxygen atoms in total. The molecular weight excluding hydrogens is 360 g/mol. The molecule has 0 bridgehead atoms. The van der Waals surface area contributed by atoms with Crippen molar-refractivity contribution >= 4 is 23.6 Å². The molecule has 148 valence electrons. The molecule has 1 unspecified atom stereocenters. The van der Waals surface area contributed by atoms with Gasteiger partial charge < -0.3 is 11.1 Å². The van der Waals surface area contributed by atoms with Crippen LogP contribution in [0.4, 0.5) is 0 Å². The molecule has 8 heteroatoms. The van der Waals surface area contributed by atoms with Crippen molar-refractivity contribution in [1.82, 2.24) is 15.5 Å². The van der Waals surface area contributed by atoms with Crippen LogP contribution in [0.3, 0.4) is 0 Å². The Labute approximate surface area is 162 Å². The molecule has 0 spiro atoms. The van der Waals surface area contributed by atoms with Gasteiger partial charge in [-0.3, -0.25) is 29.4 Å². The number of rotatable bonds is 5. The van der Waals surface area contributed by atoms with E-state index in [0.717, 1.165) is 36.1 Å². The summed E-state index contributed by atoms with van der Waals surface area (Å²) in [5.74, 6) is -1.94. The smallest absolute Gasteiger partial charge is 0.262 e. The van der Waals surface area contributed by atoms with E-state index in [4.69, 9.17) is 5.73 Å². The van der Waals surface area contributed by atoms with Crippen molar-refractivity contribution in [2.75, 3.05) is 6.54 Å². The van der Waals surface area contributed by atoms with Crippen molar-refractivity contribution in [3.63, 3.8) is 0 Å². The molecule has 0 radical (unpaired) electrons. The lowest BCUT2D eigenvalue weighted by Crippen LogP contribution is -2.54. The molecule has 2 aliphatic heterocycles. The Morgan fingerprint density at radius 2 is 1.82 bits per heavy atom. The second-order valence-corrected chi connectivity index (χ2v) is 7.87. The molecular formula is C20H24N4O4. The summed E-state index contributed by atoms with van der Waals surface area (Å²) in [6.07, 6.45) is 4.65. The largest absolute Gasteiger partial charge is 0.329 e. The standard InChI is InChI=1S/C20H24N4O4/c21-11-20(7-1-2-8-20)22-10-12-3-4-13-14(9-12)19(28)24(18(13)27)15-5-6-16(25)23-17(15)26/h3-4,9,15,22H,1-2,5-8,10-11,21H2,(H,23,25,26). The Morgan fingerprint density at radius 1 is 1.11 bits per heavy atom. The third-order valence-corrected chi connectivity index (χ3v) is 6.12. The van der Waals surface area contributed by atoms with E-state index in [1.807, 2.05) is 6.07 Å². The maximum absolute atomic E-state index is 12.9. The van der Waals surface area contributed by atoms with Crippen LogP contribution >= 0.6 is 0 Å². The lowest BCUT2D eigenvalue weighted by Gasteiger charge is -2.29. The summed E-state index contributed by atoms with van der Waals surface area (Å²) in [5.41, 5.74) is 7.40. The van der Waals surface area contributed by atoms with Crippen LogP contribution in [-0.2, 0) is 16.1 Å². The second-order valence-electron chi connectivity index (χ2n) is 7.87. The zero-order valence-corrected chi connectivity index (χ0v) is 15.6. The Bertz CT molecular complexity index is 860. The van der Waals surface area contributed by atoms with Gasteiger partial charge in [-0.25, -0.2) is 0 Å². The van der Waals surface area contributed by atoms with Crippen LogP contribution in [0.5, 0.6) is 0 Å². The van der Waals surface area contributed by atoms with Crippen molar-refractivity contribution in [2.24, 2.45) is 5.73 Å². The summed E-state index contributed by atoms with van der Waals surface area (Å²) in [5, 5.41) is 5.73. The number of hydrogen-bond acceptors (Lipinski definition) is 6. The molecule has 4 rings (SSSR count). The summed E-state index contributed by atoms with van der Waals surface area (Å²) in [4.78, 5) is 50.0. The maximum atomic E-state index is 12.9. The Hall–Kier alpha value is -2.58. The molecule has 2 heterocycles. The van der Waals surface area contributed by atoms with E-state index in [1.165, 1.54) is 0 Å². The zero-order valence-electron chi connectivity index (χ0n) is 15.6. The van der Waals surface area contributed by atoms with Gasteiger partial charge in [0, 0.05) is 25.0 Å². The third kappa shape index (κ3) is 3.12. The van der Waals surface area contributed by atoms with Crippen LogP contribution in [-0.4, -0.2) is 46.7 Å². The minimum absolute atomic E-state index is 0.0579. The topological polar surface area (TPSA) is 122 Å². The highest BCUT2D eigenvalue weighted by Crippen LogP contribution is 2.30. The molecule has 0 aromatic heterocycles. The van der Waals surface area contributed by atoms with Crippen molar-refractivity contribution in [3.05, 3.63) is 34.9 Å². The van der Waals surface area contributed by atoms with Gasteiger partial charge in [-0.05, 0) is 37.0 Å². The average Bonchev–Trinajstić information content (AvgIpc) is 3.25. The van der Waals surface area contributed by atoms with Gasteiger partial charge >= 0.3 is 0 Å². The van der Waals surface area contributed by atoms with Gasteiger partial charge in [0.1, 0.15) is 6.04 Å². The second kappa shape index (κ2) is 7.10. The average molecular weight is 384 g/mol. The van der Waals surface area contributed by atoms with E-state index in [1.54, 1.807) is 12.1 Å². The lowest BCUT2D eigenvalue weighted by molar-refractivity contribution is -0.136. The number of carbonyl (C=O) groups excluding carboxylic acids is 4. The molecule has 2 fully saturated rings. The number of benzene rings is 1. The summed E-state index contributed by atoms with van der Waals surface area (Å²) in [6, 6.07) is 4.24. The van der Waals surface area contributed by atoms with Gasteiger partial charge in [-0.15, -0.1) is 0 Å².